The van der Waals surface area contributed by atoms with Gasteiger partial charge in [-0.3, -0.25) is 10.3 Å². The summed E-state index contributed by atoms with van der Waals surface area (Å²) in [6.45, 7) is 0.444. The molecule has 0 radical (unpaired) electrons. The number of rotatable bonds is 10. The lowest BCUT2D eigenvalue weighted by Crippen LogP contribution is -2.02. The number of hydrogen-bond acceptors (Lipinski definition) is 9. The van der Waals surface area contributed by atoms with E-state index in [1.165, 1.54) is 6.39 Å². The molecule has 1 aromatic heterocycles. The molecule has 0 aliphatic rings. The lowest BCUT2D eigenvalue weighted by molar-refractivity contribution is 0.180. The molecule has 4 rings (SSSR count). The molecule has 0 bridgehead atoms. The van der Waals surface area contributed by atoms with Gasteiger partial charge >= 0.3 is 0 Å². The van der Waals surface area contributed by atoms with Gasteiger partial charge < -0.3 is 18.8 Å². The fourth-order valence-electron chi connectivity index (χ4n) is 2.94. The second kappa shape index (κ2) is 11.7. The van der Waals surface area contributed by atoms with Crippen molar-refractivity contribution in [2.75, 3.05) is 23.6 Å². The first kappa shape index (κ1) is 22.4. The highest BCUT2D eigenvalue weighted by atomic mass is 16.7. The molecule has 1 heterocycles. The summed E-state index contributed by atoms with van der Waals surface area (Å²) in [4.78, 5) is 19.6. The minimum atomic E-state index is 0.444. The second-order valence-corrected chi connectivity index (χ2v) is 6.85. The fourth-order valence-corrected chi connectivity index (χ4v) is 2.94. The first-order valence-electron chi connectivity index (χ1n) is 10.2. The van der Waals surface area contributed by atoms with E-state index in [4.69, 9.17) is 23.7 Å². The Hall–Kier alpha value is -4.81. The van der Waals surface area contributed by atoms with Crippen molar-refractivity contribution >= 4 is 17.1 Å². The molecule has 34 heavy (non-hydrogen) atoms. The highest BCUT2D eigenvalue weighted by Crippen LogP contribution is 2.32. The second-order valence-electron chi connectivity index (χ2n) is 6.85. The van der Waals surface area contributed by atoms with Crippen LogP contribution in [-0.2, 0) is 21.1 Å². The Morgan fingerprint density at radius 1 is 0.824 bits per heavy atom. The smallest absolute Gasteiger partial charge is 0.192 e. The Morgan fingerprint density at radius 3 is 2.26 bits per heavy atom. The first-order chi connectivity index (χ1) is 16.8. The minimum Gasteiger partial charge on any atom is -0.496 e. The number of benzene rings is 3. The predicted octanol–water partition coefficient (Wildman–Crippen LogP) is 5.20. The van der Waals surface area contributed by atoms with Crippen LogP contribution in [0.25, 0.3) is 11.3 Å². The van der Waals surface area contributed by atoms with Crippen molar-refractivity contribution in [2.45, 2.75) is 6.61 Å². The van der Waals surface area contributed by atoms with Gasteiger partial charge in [-0.25, -0.2) is 15.9 Å². The zero-order chi connectivity index (χ0) is 23.4. The van der Waals surface area contributed by atoms with Crippen LogP contribution in [0.3, 0.4) is 0 Å². The molecule has 0 saturated heterocycles. The van der Waals surface area contributed by atoms with Crippen molar-refractivity contribution in [3.05, 3.63) is 91.0 Å². The molecule has 0 atom stereocenters. The molecule has 0 saturated carbocycles. The number of oxazole rings is 1. The van der Waals surface area contributed by atoms with E-state index in [9.17, 15) is 0 Å². The predicted molar refractivity (Wildman–Crippen MR) is 127 cm³/mol. The van der Waals surface area contributed by atoms with Crippen molar-refractivity contribution in [2.24, 2.45) is 0 Å². The van der Waals surface area contributed by atoms with Crippen LogP contribution in [0, 0.1) is 12.2 Å². The molecule has 0 aliphatic carbocycles. The van der Waals surface area contributed by atoms with Gasteiger partial charge in [0.15, 0.2) is 24.4 Å². The van der Waals surface area contributed by atoms with Crippen LogP contribution in [0.2, 0.25) is 0 Å². The van der Waals surface area contributed by atoms with E-state index >= 15 is 0 Å². The molecule has 9 heteroatoms. The molecule has 172 valence electrons. The van der Waals surface area contributed by atoms with E-state index in [0.29, 0.717) is 29.5 Å². The standard InChI is InChI=1S/C25H22N4O5/c1-30-24-15-22(10-11-23(24)25-16-26-18-31-25)28-33-13-12-32-27-20-8-5-9-21(14-20)29-34-17-19-6-3-2-4-7-19/h2-11,14-16,18,27-29H,17H2,1H3. The van der Waals surface area contributed by atoms with Crippen molar-refractivity contribution in [1.29, 1.82) is 0 Å². The highest BCUT2D eigenvalue weighted by molar-refractivity contribution is 5.69. The van der Waals surface area contributed by atoms with Gasteiger partial charge in [-0.1, -0.05) is 36.4 Å². The minimum absolute atomic E-state index is 0.444. The van der Waals surface area contributed by atoms with Gasteiger partial charge in [0.25, 0.3) is 0 Å². The maximum Gasteiger partial charge on any atom is 0.192 e. The zero-order valence-corrected chi connectivity index (χ0v) is 18.3. The van der Waals surface area contributed by atoms with Gasteiger partial charge in [-0.2, -0.15) is 0 Å². The topological polar surface area (TPSA) is 99.0 Å². The van der Waals surface area contributed by atoms with Gasteiger partial charge in [0.2, 0.25) is 0 Å². The van der Waals surface area contributed by atoms with E-state index in [2.05, 4.69) is 33.6 Å². The third kappa shape index (κ3) is 6.35. The van der Waals surface area contributed by atoms with E-state index < -0.39 is 0 Å². The maximum atomic E-state index is 5.51. The zero-order valence-electron chi connectivity index (χ0n) is 18.3. The van der Waals surface area contributed by atoms with E-state index in [0.717, 1.165) is 16.8 Å². The Morgan fingerprint density at radius 2 is 1.56 bits per heavy atom. The average molecular weight is 458 g/mol. The normalized spacial score (nSPS) is 9.91. The van der Waals surface area contributed by atoms with Crippen LogP contribution in [0.1, 0.15) is 5.56 Å². The average Bonchev–Trinajstić information content (AvgIpc) is 3.42. The van der Waals surface area contributed by atoms with Crippen molar-refractivity contribution < 1.29 is 23.7 Å². The monoisotopic (exact) mass is 458 g/mol. The third-order valence-corrected chi connectivity index (χ3v) is 4.52. The lowest BCUT2D eigenvalue weighted by Gasteiger charge is -2.09. The summed E-state index contributed by atoms with van der Waals surface area (Å²) < 4.78 is 10.7. The van der Waals surface area contributed by atoms with E-state index in [-0.39, 0.29) is 0 Å². The molecule has 0 amide bonds. The number of anilines is 3. The molecule has 0 aliphatic heterocycles. The Labute approximate surface area is 196 Å². The molecule has 9 nitrogen and oxygen atoms in total. The Bertz CT molecular complexity index is 1240. The number of nitrogens with one attached hydrogen (secondary N) is 3. The number of nitrogens with zero attached hydrogens (tertiary/aromatic N) is 1. The quantitative estimate of drug-likeness (QED) is 0.219. The van der Waals surface area contributed by atoms with Gasteiger partial charge in [0.1, 0.15) is 5.75 Å². The Balaban J connectivity index is 1.21. The first-order valence-corrected chi connectivity index (χ1v) is 10.2. The lowest BCUT2D eigenvalue weighted by atomic mass is 10.1. The number of ether oxygens (including phenoxy) is 1. The summed E-state index contributed by atoms with van der Waals surface area (Å²) >= 11 is 0. The third-order valence-electron chi connectivity index (χ3n) is 4.52. The SMILES string of the molecule is COc1cc(NOC#CONc2cccc(NOCc3ccccc3)c2)ccc1-c1cnco1. The van der Waals surface area contributed by atoms with Gasteiger partial charge in [-0.15, -0.1) is 0 Å². The summed E-state index contributed by atoms with van der Waals surface area (Å²) in [6, 6.07) is 22.6. The van der Waals surface area contributed by atoms with Gasteiger partial charge in [-0.05, 0) is 35.9 Å². The van der Waals surface area contributed by atoms with Crippen molar-refractivity contribution in [3.8, 4) is 29.3 Å². The van der Waals surface area contributed by atoms with E-state index in [1.54, 1.807) is 25.4 Å². The number of hydrogen-bond donors (Lipinski definition) is 3. The summed E-state index contributed by atoms with van der Waals surface area (Å²) in [6.07, 6.45) is 7.77. The van der Waals surface area contributed by atoms with Gasteiger partial charge in [0.05, 0.1) is 42.5 Å². The maximum absolute atomic E-state index is 5.51. The van der Waals surface area contributed by atoms with Crippen LogP contribution in [0.5, 0.6) is 5.75 Å². The number of aromatic nitrogens is 1. The molecule has 3 aromatic carbocycles. The summed E-state index contributed by atoms with van der Waals surface area (Å²) in [5, 5.41) is 0. The number of methoxy groups -OCH3 is 1. The Kier molecular flexibility index (Phi) is 7.71. The summed E-state index contributed by atoms with van der Waals surface area (Å²) in [5.74, 6) is 1.20. The van der Waals surface area contributed by atoms with Crippen LogP contribution >= 0.6 is 0 Å². The molecule has 0 spiro atoms. The molecule has 0 fully saturated rings. The van der Waals surface area contributed by atoms with E-state index in [1.807, 2.05) is 60.7 Å². The largest absolute Gasteiger partial charge is 0.496 e. The molecule has 0 unspecified atom stereocenters. The highest BCUT2D eigenvalue weighted by Gasteiger charge is 2.10. The fraction of sp³-hybridized carbons (Fsp3) is 0.0800. The van der Waals surface area contributed by atoms with Crippen LogP contribution in [0.15, 0.2) is 89.8 Å². The van der Waals surface area contributed by atoms with Crippen LogP contribution in [-0.4, -0.2) is 12.1 Å². The van der Waals surface area contributed by atoms with Crippen LogP contribution < -0.4 is 21.2 Å². The molecule has 4 aromatic rings. The molecular formula is C25H22N4O5. The van der Waals surface area contributed by atoms with Gasteiger partial charge in [0, 0.05) is 6.07 Å². The summed E-state index contributed by atoms with van der Waals surface area (Å²) in [7, 11) is 1.57. The van der Waals surface area contributed by atoms with Crippen LogP contribution in [0.4, 0.5) is 17.1 Å². The van der Waals surface area contributed by atoms with Crippen molar-refractivity contribution in [3.63, 3.8) is 0 Å². The summed E-state index contributed by atoms with van der Waals surface area (Å²) in [5.41, 5.74) is 12.2. The van der Waals surface area contributed by atoms with Crippen molar-refractivity contribution in [1.82, 2.24) is 4.98 Å². The molecular weight excluding hydrogens is 436 g/mol. The molecule has 3 N–H and O–H groups in total.